The Morgan fingerprint density at radius 2 is 1.66 bits per heavy atom. The van der Waals surface area contributed by atoms with Crippen molar-refractivity contribution < 1.29 is 13.2 Å². The van der Waals surface area contributed by atoms with Gasteiger partial charge in [0.05, 0.1) is 15.4 Å². The lowest BCUT2D eigenvalue weighted by atomic mass is 10.1. The number of imidazole rings is 1. The number of nitrogens with zero attached hydrogens (tertiary/aromatic N) is 4. The van der Waals surface area contributed by atoms with E-state index in [0.717, 1.165) is 28.1 Å². The van der Waals surface area contributed by atoms with E-state index < -0.39 is 10.0 Å². The summed E-state index contributed by atoms with van der Waals surface area (Å²) in [7, 11) is -3.58. The van der Waals surface area contributed by atoms with E-state index in [1.54, 1.807) is 29.4 Å². The van der Waals surface area contributed by atoms with Crippen molar-refractivity contribution in [3.63, 3.8) is 0 Å². The zero-order valence-corrected chi connectivity index (χ0v) is 19.3. The fourth-order valence-corrected chi connectivity index (χ4v) is 6.87. The molecule has 1 saturated heterocycles. The Morgan fingerprint density at radius 1 is 0.938 bits per heavy atom. The summed E-state index contributed by atoms with van der Waals surface area (Å²) in [6.07, 6.45) is 1.77. The third-order valence-corrected chi connectivity index (χ3v) is 9.11. The number of carbonyl (C=O) groups excluding carboxylic acids is 1. The van der Waals surface area contributed by atoms with Crippen molar-refractivity contribution in [2.75, 3.05) is 26.2 Å². The molecule has 1 fully saturated rings. The zero-order chi connectivity index (χ0) is 22.3. The second kappa shape index (κ2) is 8.32. The predicted molar refractivity (Wildman–Crippen MR) is 125 cm³/mol. The molecule has 4 aromatic rings. The molecule has 0 N–H and O–H groups in total. The molecule has 2 aromatic carbocycles. The number of thiophene rings is 1. The quantitative estimate of drug-likeness (QED) is 0.438. The molecule has 0 unspecified atom stereocenters. The van der Waals surface area contributed by atoms with Crippen LogP contribution in [0.4, 0.5) is 0 Å². The predicted octanol–water partition coefficient (Wildman–Crippen LogP) is 3.89. The highest BCUT2D eigenvalue weighted by Gasteiger charge is 2.31. The number of para-hydroxylation sites is 2. The minimum absolute atomic E-state index is 0.108. The number of benzene rings is 2. The number of sulfonamides is 1. The molecular formula is C22H19ClN4O3S2. The van der Waals surface area contributed by atoms with Crippen LogP contribution in [0.2, 0.25) is 4.34 Å². The van der Waals surface area contributed by atoms with Gasteiger partial charge in [-0.05, 0) is 48.5 Å². The fourth-order valence-electron chi connectivity index (χ4n) is 3.81. The second-order valence-electron chi connectivity index (χ2n) is 7.40. The molecule has 1 amide bonds. The number of hydrogen-bond donors (Lipinski definition) is 0. The number of amides is 1. The summed E-state index contributed by atoms with van der Waals surface area (Å²) in [5.74, 6) is -0.108. The fraction of sp³-hybridized carbons (Fsp3) is 0.182. The molecule has 10 heteroatoms. The Kier molecular flexibility index (Phi) is 5.50. The minimum Gasteiger partial charge on any atom is -0.336 e. The maximum Gasteiger partial charge on any atom is 0.253 e. The SMILES string of the molecule is O=C(c1ccc(-n2cnc3ccccc32)cc1)N1CCN(S(=O)(=O)c2ccc(Cl)s2)CC1. The highest BCUT2D eigenvalue weighted by molar-refractivity contribution is 7.91. The Hall–Kier alpha value is -2.72. The normalized spacial score (nSPS) is 15.3. The molecule has 0 spiro atoms. The molecule has 164 valence electrons. The molecule has 3 heterocycles. The van der Waals surface area contributed by atoms with Gasteiger partial charge in [-0.25, -0.2) is 13.4 Å². The van der Waals surface area contributed by atoms with E-state index >= 15 is 0 Å². The molecule has 0 bridgehead atoms. The van der Waals surface area contributed by atoms with Gasteiger partial charge < -0.3 is 4.90 Å². The van der Waals surface area contributed by atoms with E-state index in [9.17, 15) is 13.2 Å². The number of fused-ring (bicyclic) bond motifs is 1. The molecule has 1 aliphatic rings. The topological polar surface area (TPSA) is 75.5 Å². The van der Waals surface area contributed by atoms with Gasteiger partial charge >= 0.3 is 0 Å². The first-order valence-electron chi connectivity index (χ1n) is 10.0. The van der Waals surface area contributed by atoms with E-state index in [1.165, 1.54) is 10.4 Å². The van der Waals surface area contributed by atoms with Gasteiger partial charge in [-0.2, -0.15) is 4.31 Å². The first kappa shape index (κ1) is 21.1. The van der Waals surface area contributed by atoms with Gasteiger partial charge in [0.2, 0.25) is 0 Å². The standard InChI is InChI=1S/C22H19ClN4O3S2/c23-20-9-10-21(31-20)32(29,30)26-13-11-25(12-14-26)22(28)16-5-7-17(8-6-16)27-15-24-18-3-1-2-4-19(18)27/h1-10,15H,11-14H2. The van der Waals surface area contributed by atoms with Crippen molar-refractivity contribution in [2.24, 2.45) is 0 Å². The van der Waals surface area contributed by atoms with Crippen LogP contribution in [0.5, 0.6) is 0 Å². The van der Waals surface area contributed by atoms with E-state index in [1.807, 2.05) is 41.0 Å². The number of aromatic nitrogens is 2. The average Bonchev–Trinajstić information content (AvgIpc) is 3.46. The first-order chi connectivity index (χ1) is 15.4. The minimum atomic E-state index is -3.58. The molecular weight excluding hydrogens is 468 g/mol. The van der Waals surface area contributed by atoms with Crippen molar-refractivity contribution in [2.45, 2.75) is 4.21 Å². The van der Waals surface area contributed by atoms with Gasteiger partial charge in [-0.15, -0.1) is 11.3 Å². The lowest BCUT2D eigenvalue weighted by Crippen LogP contribution is -2.50. The average molecular weight is 487 g/mol. The molecule has 7 nitrogen and oxygen atoms in total. The van der Waals surface area contributed by atoms with Gasteiger partial charge in [0.1, 0.15) is 10.5 Å². The number of halogens is 1. The lowest BCUT2D eigenvalue weighted by Gasteiger charge is -2.33. The Balaban J connectivity index is 1.27. The molecule has 0 saturated carbocycles. The Bertz CT molecular complexity index is 1390. The monoisotopic (exact) mass is 486 g/mol. The van der Waals surface area contributed by atoms with Crippen molar-refractivity contribution in [3.8, 4) is 5.69 Å². The summed E-state index contributed by atoms with van der Waals surface area (Å²) in [5, 5.41) is 0. The number of rotatable bonds is 4. The summed E-state index contributed by atoms with van der Waals surface area (Å²) < 4.78 is 29.6. The van der Waals surface area contributed by atoms with Crippen LogP contribution in [0.3, 0.4) is 0 Å². The third kappa shape index (κ3) is 3.81. The van der Waals surface area contributed by atoms with E-state index in [4.69, 9.17) is 11.6 Å². The number of hydrogen-bond acceptors (Lipinski definition) is 5. The van der Waals surface area contributed by atoms with Crippen LogP contribution in [0.1, 0.15) is 10.4 Å². The molecule has 0 radical (unpaired) electrons. The Labute approximate surface area is 194 Å². The highest BCUT2D eigenvalue weighted by atomic mass is 35.5. The van der Waals surface area contributed by atoms with Crippen LogP contribution in [-0.4, -0.2) is 59.3 Å². The largest absolute Gasteiger partial charge is 0.336 e. The first-order valence-corrected chi connectivity index (χ1v) is 12.6. The summed E-state index contributed by atoms with van der Waals surface area (Å²) in [4.78, 5) is 19.1. The van der Waals surface area contributed by atoms with Gasteiger partial charge in [-0.1, -0.05) is 23.7 Å². The summed E-state index contributed by atoms with van der Waals surface area (Å²) >= 11 is 6.93. The second-order valence-corrected chi connectivity index (χ2v) is 11.3. The van der Waals surface area contributed by atoms with Crippen LogP contribution in [0, 0.1) is 0 Å². The van der Waals surface area contributed by atoms with Gasteiger partial charge in [0.15, 0.2) is 0 Å². The summed E-state index contributed by atoms with van der Waals surface area (Å²) in [5.41, 5.74) is 3.39. The van der Waals surface area contributed by atoms with Gasteiger partial charge in [0.25, 0.3) is 15.9 Å². The van der Waals surface area contributed by atoms with Gasteiger partial charge in [0, 0.05) is 37.4 Å². The molecule has 1 aliphatic heterocycles. The van der Waals surface area contributed by atoms with Crippen molar-refractivity contribution in [3.05, 3.63) is 76.9 Å². The summed E-state index contributed by atoms with van der Waals surface area (Å²) in [6.45, 7) is 1.18. The number of carbonyl (C=O) groups is 1. The van der Waals surface area contributed by atoms with Crippen LogP contribution in [0.25, 0.3) is 16.7 Å². The summed E-state index contributed by atoms with van der Waals surface area (Å²) in [6, 6.07) is 18.3. The van der Waals surface area contributed by atoms with Gasteiger partial charge in [-0.3, -0.25) is 9.36 Å². The molecule has 0 atom stereocenters. The Morgan fingerprint density at radius 3 is 2.34 bits per heavy atom. The maximum absolute atomic E-state index is 13.0. The lowest BCUT2D eigenvalue weighted by molar-refractivity contribution is 0.0698. The zero-order valence-electron chi connectivity index (χ0n) is 16.9. The van der Waals surface area contributed by atoms with E-state index in [0.29, 0.717) is 23.0 Å². The van der Waals surface area contributed by atoms with E-state index in [-0.39, 0.29) is 23.2 Å². The van der Waals surface area contributed by atoms with Crippen molar-refractivity contribution in [1.29, 1.82) is 0 Å². The molecule has 5 rings (SSSR count). The van der Waals surface area contributed by atoms with E-state index in [2.05, 4.69) is 4.98 Å². The number of piperazine rings is 1. The third-order valence-electron chi connectivity index (χ3n) is 5.51. The smallest absolute Gasteiger partial charge is 0.253 e. The van der Waals surface area contributed by atoms with Crippen LogP contribution >= 0.6 is 22.9 Å². The van der Waals surface area contributed by atoms with Crippen molar-refractivity contribution >= 4 is 49.9 Å². The van der Waals surface area contributed by atoms with Crippen LogP contribution < -0.4 is 0 Å². The highest BCUT2D eigenvalue weighted by Crippen LogP contribution is 2.29. The molecule has 32 heavy (non-hydrogen) atoms. The maximum atomic E-state index is 13.0. The molecule has 0 aliphatic carbocycles. The van der Waals surface area contributed by atoms with Crippen LogP contribution in [-0.2, 0) is 10.0 Å². The molecule has 2 aromatic heterocycles. The van der Waals surface area contributed by atoms with Crippen molar-refractivity contribution in [1.82, 2.24) is 18.8 Å². The van der Waals surface area contributed by atoms with Crippen LogP contribution in [0.15, 0.2) is 71.2 Å².